The first-order chi connectivity index (χ1) is 10.9. The van der Waals surface area contributed by atoms with Crippen molar-refractivity contribution in [1.29, 1.82) is 0 Å². The third-order valence-corrected chi connectivity index (χ3v) is 3.88. The highest BCUT2D eigenvalue weighted by atomic mass is 35.5. The van der Waals surface area contributed by atoms with Crippen LogP contribution in [0, 0.1) is 13.8 Å². The number of nitrogens with two attached hydrogens (primary N) is 1. The van der Waals surface area contributed by atoms with Crippen LogP contribution in [-0.2, 0) is 0 Å². The molecule has 23 heavy (non-hydrogen) atoms. The van der Waals surface area contributed by atoms with E-state index < -0.39 is 0 Å². The standard InChI is InChI=1S/C16H14Cl2N4O/c1-9-5-13(10(2)23-9)15-8-22(16(19)21-15)20-7-11-3-4-12(17)6-14(11)18/h3-8H,1-2H3,(H2,19,21)/b20-7-. The first kappa shape index (κ1) is 15.6. The fourth-order valence-electron chi connectivity index (χ4n) is 2.22. The van der Waals surface area contributed by atoms with Gasteiger partial charge in [-0.05, 0) is 32.0 Å². The van der Waals surface area contributed by atoms with Crippen LogP contribution in [0.1, 0.15) is 17.1 Å². The molecule has 0 saturated heterocycles. The van der Waals surface area contributed by atoms with Crippen molar-refractivity contribution in [3.63, 3.8) is 0 Å². The summed E-state index contributed by atoms with van der Waals surface area (Å²) in [5.41, 5.74) is 8.25. The monoisotopic (exact) mass is 348 g/mol. The molecule has 2 heterocycles. The molecule has 0 bridgehead atoms. The lowest BCUT2D eigenvalue weighted by atomic mass is 10.2. The summed E-state index contributed by atoms with van der Waals surface area (Å²) >= 11 is 12.0. The average Bonchev–Trinajstić information content (AvgIpc) is 3.00. The van der Waals surface area contributed by atoms with Gasteiger partial charge >= 0.3 is 0 Å². The molecule has 3 aromatic rings. The van der Waals surface area contributed by atoms with Gasteiger partial charge in [-0.1, -0.05) is 29.3 Å². The molecule has 0 aliphatic heterocycles. The van der Waals surface area contributed by atoms with Crippen molar-refractivity contribution in [2.75, 3.05) is 5.73 Å². The van der Waals surface area contributed by atoms with E-state index in [2.05, 4.69) is 10.1 Å². The number of halogens is 2. The summed E-state index contributed by atoms with van der Waals surface area (Å²) in [7, 11) is 0. The highest BCUT2D eigenvalue weighted by Crippen LogP contribution is 2.26. The molecule has 0 saturated carbocycles. The minimum atomic E-state index is 0.277. The zero-order chi connectivity index (χ0) is 16.6. The van der Waals surface area contributed by atoms with E-state index in [1.165, 1.54) is 4.68 Å². The van der Waals surface area contributed by atoms with Gasteiger partial charge in [-0.2, -0.15) is 5.10 Å². The summed E-state index contributed by atoms with van der Waals surface area (Å²) < 4.78 is 7.00. The summed E-state index contributed by atoms with van der Waals surface area (Å²) in [5.74, 6) is 1.89. The van der Waals surface area contributed by atoms with Crippen LogP contribution in [0.15, 0.2) is 40.0 Å². The molecular formula is C16H14Cl2N4O. The number of imidazole rings is 1. The molecule has 5 nitrogen and oxygen atoms in total. The number of hydrogen-bond acceptors (Lipinski definition) is 4. The van der Waals surface area contributed by atoms with Gasteiger partial charge in [0.2, 0.25) is 5.95 Å². The van der Waals surface area contributed by atoms with Crippen LogP contribution in [0.3, 0.4) is 0 Å². The number of nitrogens with zero attached hydrogens (tertiary/aromatic N) is 3. The molecule has 0 radical (unpaired) electrons. The minimum absolute atomic E-state index is 0.277. The van der Waals surface area contributed by atoms with Crippen molar-refractivity contribution >= 4 is 35.4 Å². The van der Waals surface area contributed by atoms with Gasteiger partial charge in [-0.3, -0.25) is 0 Å². The number of furan rings is 1. The number of benzene rings is 1. The Balaban J connectivity index is 1.92. The van der Waals surface area contributed by atoms with Gasteiger partial charge < -0.3 is 10.2 Å². The van der Waals surface area contributed by atoms with E-state index in [0.29, 0.717) is 15.7 Å². The Bertz CT molecular complexity index is 896. The highest BCUT2D eigenvalue weighted by molar-refractivity contribution is 6.36. The van der Waals surface area contributed by atoms with E-state index in [-0.39, 0.29) is 5.95 Å². The first-order valence-electron chi connectivity index (χ1n) is 6.85. The van der Waals surface area contributed by atoms with E-state index in [0.717, 1.165) is 22.6 Å². The molecule has 118 valence electrons. The quantitative estimate of drug-likeness (QED) is 0.706. The van der Waals surface area contributed by atoms with Gasteiger partial charge in [-0.15, -0.1) is 0 Å². The van der Waals surface area contributed by atoms with Crippen LogP contribution in [-0.4, -0.2) is 15.9 Å². The number of aryl methyl sites for hydroxylation is 2. The zero-order valence-electron chi connectivity index (χ0n) is 12.5. The molecule has 0 spiro atoms. The summed E-state index contributed by atoms with van der Waals surface area (Å²) in [6.07, 6.45) is 3.35. The summed E-state index contributed by atoms with van der Waals surface area (Å²) in [6, 6.07) is 7.10. The Hall–Kier alpha value is -2.24. The Morgan fingerprint density at radius 1 is 1.26 bits per heavy atom. The third-order valence-electron chi connectivity index (χ3n) is 3.31. The lowest BCUT2D eigenvalue weighted by Crippen LogP contribution is -1.97. The van der Waals surface area contributed by atoms with Gasteiger partial charge in [0.1, 0.15) is 11.5 Å². The van der Waals surface area contributed by atoms with Crippen LogP contribution < -0.4 is 5.73 Å². The van der Waals surface area contributed by atoms with Gasteiger partial charge in [0.05, 0.1) is 23.1 Å². The maximum Gasteiger partial charge on any atom is 0.221 e. The van der Waals surface area contributed by atoms with Crippen molar-refractivity contribution in [2.24, 2.45) is 5.10 Å². The Kier molecular flexibility index (Phi) is 4.15. The molecule has 0 amide bonds. The molecule has 0 unspecified atom stereocenters. The van der Waals surface area contributed by atoms with Gasteiger partial charge in [0.15, 0.2) is 0 Å². The van der Waals surface area contributed by atoms with Gasteiger partial charge in [0, 0.05) is 16.1 Å². The van der Waals surface area contributed by atoms with Crippen molar-refractivity contribution in [3.8, 4) is 11.3 Å². The molecule has 0 aliphatic rings. The van der Waals surface area contributed by atoms with E-state index in [1.807, 2.05) is 19.9 Å². The lowest BCUT2D eigenvalue weighted by Gasteiger charge is -1.99. The maximum absolute atomic E-state index is 6.12. The topological polar surface area (TPSA) is 69.3 Å². The maximum atomic E-state index is 6.12. The highest BCUT2D eigenvalue weighted by Gasteiger charge is 2.12. The third kappa shape index (κ3) is 3.25. The number of aromatic nitrogens is 2. The van der Waals surface area contributed by atoms with Crippen molar-refractivity contribution in [1.82, 2.24) is 9.66 Å². The Morgan fingerprint density at radius 3 is 2.70 bits per heavy atom. The molecule has 0 aliphatic carbocycles. The molecule has 2 aromatic heterocycles. The SMILES string of the molecule is Cc1cc(-c2cn(/N=C\c3ccc(Cl)cc3Cl)c(N)n2)c(C)o1. The molecule has 7 heteroatoms. The number of rotatable bonds is 3. The van der Waals surface area contributed by atoms with Gasteiger partial charge in [0.25, 0.3) is 0 Å². The largest absolute Gasteiger partial charge is 0.466 e. The average molecular weight is 349 g/mol. The molecule has 1 aromatic carbocycles. The van der Waals surface area contributed by atoms with Crippen LogP contribution in [0.5, 0.6) is 0 Å². The van der Waals surface area contributed by atoms with E-state index >= 15 is 0 Å². The lowest BCUT2D eigenvalue weighted by molar-refractivity contribution is 0.505. The minimum Gasteiger partial charge on any atom is -0.466 e. The molecule has 0 fully saturated rings. The summed E-state index contributed by atoms with van der Waals surface area (Å²) in [6.45, 7) is 3.77. The summed E-state index contributed by atoms with van der Waals surface area (Å²) in [4.78, 5) is 4.32. The zero-order valence-corrected chi connectivity index (χ0v) is 14.1. The van der Waals surface area contributed by atoms with Crippen molar-refractivity contribution < 1.29 is 4.42 Å². The normalized spacial score (nSPS) is 11.5. The predicted octanol–water partition coefficient (Wildman–Crippen LogP) is 4.53. The number of anilines is 1. The number of nitrogen functional groups attached to an aromatic ring is 1. The Labute approximate surface area is 143 Å². The van der Waals surface area contributed by atoms with E-state index in [9.17, 15) is 0 Å². The summed E-state index contributed by atoms with van der Waals surface area (Å²) in [5, 5.41) is 5.38. The second-order valence-electron chi connectivity index (χ2n) is 5.07. The fourth-order valence-corrected chi connectivity index (χ4v) is 2.68. The predicted molar refractivity (Wildman–Crippen MR) is 93.3 cm³/mol. The van der Waals surface area contributed by atoms with Crippen LogP contribution in [0.2, 0.25) is 10.0 Å². The smallest absolute Gasteiger partial charge is 0.221 e. The molecule has 2 N–H and O–H groups in total. The van der Waals surface area contributed by atoms with E-state index in [1.54, 1.807) is 30.6 Å². The second-order valence-corrected chi connectivity index (χ2v) is 5.91. The van der Waals surface area contributed by atoms with Crippen molar-refractivity contribution in [3.05, 3.63) is 57.6 Å². The van der Waals surface area contributed by atoms with Crippen LogP contribution in [0.4, 0.5) is 5.95 Å². The van der Waals surface area contributed by atoms with Gasteiger partial charge in [-0.25, -0.2) is 9.66 Å². The first-order valence-corrected chi connectivity index (χ1v) is 7.61. The van der Waals surface area contributed by atoms with E-state index in [4.69, 9.17) is 33.4 Å². The van der Waals surface area contributed by atoms with Crippen molar-refractivity contribution in [2.45, 2.75) is 13.8 Å². The molecule has 3 rings (SSSR count). The number of hydrogen-bond donors (Lipinski definition) is 1. The van der Waals surface area contributed by atoms with Crippen LogP contribution in [0.25, 0.3) is 11.3 Å². The fraction of sp³-hybridized carbons (Fsp3) is 0.125. The second kappa shape index (κ2) is 6.10. The molecule has 0 atom stereocenters. The Morgan fingerprint density at radius 2 is 2.04 bits per heavy atom. The molecular weight excluding hydrogens is 335 g/mol. The van der Waals surface area contributed by atoms with Crippen LogP contribution >= 0.6 is 23.2 Å².